The molecule has 1 aliphatic carbocycles. The number of carbonyl (C=O) groups excluding carboxylic acids is 1. The first-order valence-corrected chi connectivity index (χ1v) is 10.8. The Morgan fingerprint density at radius 2 is 1.89 bits per heavy atom. The van der Waals surface area contributed by atoms with E-state index in [1.165, 1.54) is 0 Å². The van der Waals surface area contributed by atoms with Crippen LogP contribution in [0.5, 0.6) is 0 Å². The van der Waals surface area contributed by atoms with E-state index < -0.39 is 10.0 Å². The third kappa shape index (κ3) is 5.39. The fourth-order valence-corrected chi connectivity index (χ4v) is 3.66. The molecular weight excluding hydrogens is 380 g/mol. The van der Waals surface area contributed by atoms with Gasteiger partial charge in [-0.2, -0.15) is 4.98 Å². The Kier molecular flexibility index (Phi) is 5.85. The standard InChI is InChI=1S/C19H26N4O4S/c1-19(2,3)14-6-8-15(9-7-14)28(25,26)21-11-10-16(24)20-12-17-22-18(23-27-17)13-4-5-13/h6-9,13,21H,4-5,10-12H2,1-3H3,(H,20,24). The van der Waals surface area contributed by atoms with Crippen LogP contribution in [-0.4, -0.2) is 31.0 Å². The van der Waals surface area contributed by atoms with Gasteiger partial charge in [0.05, 0.1) is 11.4 Å². The van der Waals surface area contributed by atoms with Crippen molar-refractivity contribution in [3.05, 3.63) is 41.5 Å². The minimum absolute atomic E-state index is 0.00630. The van der Waals surface area contributed by atoms with E-state index in [1.807, 2.05) is 12.1 Å². The molecule has 1 fully saturated rings. The second kappa shape index (κ2) is 8.00. The molecule has 0 unspecified atom stereocenters. The highest BCUT2D eigenvalue weighted by atomic mass is 32.2. The lowest BCUT2D eigenvalue weighted by molar-refractivity contribution is -0.121. The summed E-state index contributed by atoms with van der Waals surface area (Å²) in [6.07, 6.45) is 2.16. The van der Waals surface area contributed by atoms with Crippen LogP contribution in [0.4, 0.5) is 0 Å². The van der Waals surface area contributed by atoms with Crippen LogP contribution in [0.1, 0.15) is 63.2 Å². The van der Waals surface area contributed by atoms with Crippen LogP contribution in [0.2, 0.25) is 0 Å². The maximum Gasteiger partial charge on any atom is 0.246 e. The molecule has 2 N–H and O–H groups in total. The number of amides is 1. The molecule has 1 heterocycles. The van der Waals surface area contributed by atoms with Gasteiger partial charge in [-0.15, -0.1) is 0 Å². The van der Waals surface area contributed by atoms with E-state index >= 15 is 0 Å². The van der Waals surface area contributed by atoms with Crippen LogP contribution >= 0.6 is 0 Å². The highest BCUT2D eigenvalue weighted by molar-refractivity contribution is 7.89. The topological polar surface area (TPSA) is 114 Å². The van der Waals surface area contributed by atoms with E-state index in [1.54, 1.807) is 12.1 Å². The van der Waals surface area contributed by atoms with E-state index in [4.69, 9.17) is 4.52 Å². The summed E-state index contributed by atoms with van der Waals surface area (Å²) in [6, 6.07) is 6.77. The van der Waals surface area contributed by atoms with Gasteiger partial charge < -0.3 is 9.84 Å². The van der Waals surface area contributed by atoms with Crippen molar-refractivity contribution in [1.82, 2.24) is 20.2 Å². The fraction of sp³-hybridized carbons (Fsp3) is 0.526. The lowest BCUT2D eigenvalue weighted by Gasteiger charge is -2.19. The molecule has 9 heteroatoms. The molecule has 0 spiro atoms. The molecule has 3 rings (SSSR count). The van der Waals surface area contributed by atoms with Crippen LogP contribution < -0.4 is 10.0 Å². The highest BCUT2D eigenvalue weighted by Crippen LogP contribution is 2.38. The van der Waals surface area contributed by atoms with Crippen molar-refractivity contribution in [2.45, 2.75) is 62.8 Å². The van der Waals surface area contributed by atoms with E-state index in [-0.39, 0.29) is 35.7 Å². The summed E-state index contributed by atoms with van der Waals surface area (Å²) in [4.78, 5) is 16.3. The van der Waals surface area contributed by atoms with Crippen LogP contribution in [0.25, 0.3) is 0 Å². The number of nitrogens with zero attached hydrogens (tertiary/aromatic N) is 2. The normalized spacial score (nSPS) is 14.8. The third-order valence-electron chi connectivity index (χ3n) is 4.54. The molecule has 8 nitrogen and oxygen atoms in total. The van der Waals surface area contributed by atoms with Gasteiger partial charge in [-0.3, -0.25) is 4.79 Å². The van der Waals surface area contributed by atoms with E-state index in [9.17, 15) is 13.2 Å². The summed E-state index contributed by atoms with van der Waals surface area (Å²) in [5, 5.41) is 6.53. The van der Waals surface area contributed by atoms with Gasteiger partial charge in [0.25, 0.3) is 0 Å². The molecule has 0 saturated heterocycles. The van der Waals surface area contributed by atoms with Gasteiger partial charge in [-0.25, -0.2) is 13.1 Å². The lowest BCUT2D eigenvalue weighted by atomic mass is 9.87. The molecule has 1 amide bonds. The lowest BCUT2D eigenvalue weighted by Crippen LogP contribution is -2.30. The summed E-state index contributed by atoms with van der Waals surface area (Å²) in [5.41, 5.74) is 1.00. The van der Waals surface area contributed by atoms with E-state index in [2.05, 4.69) is 41.0 Å². The van der Waals surface area contributed by atoms with Gasteiger partial charge in [0, 0.05) is 18.9 Å². The Hall–Kier alpha value is -2.26. The number of hydrogen-bond acceptors (Lipinski definition) is 6. The Bertz CT molecular complexity index is 926. The van der Waals surface area contributed by atoms with Crippen molar-refractivity contribution in [1.29, 1.82) is 0 Å². The number of nitrogens with one attached hydrogen (secondary N) is 2. The first-order chi connectivity index (χ1) is 13.1. The maximum absolute atomic E-state index is 12.4. The molecule has 1 saturated carbocycles. The van der Waals surface area contributed by atoms with E-state index in [0.29, 0.717) is 17.6 Å². The molecule has 1 aliphatic rings. The van der Waals surface area contributed by atoms with Gasteiger partial charge in [-0.05, 0) is 36.0 Å². The Morgan fingerprint density at radius 1 is 1.21 bits per heavy atom. The Balaban J connectivity index is 1.44. The molecule has 0 bridgehead atoms. The second-order valence-electron chi connectivity index (χ2n) is 8.02. The molecule has 0 aliphatic heterocycles. The summed E-state index contributed by atoms with van der Waals surface area (Å²) in [6.45, 7) is 6.34. The number of rotatable bonds is 8. The minimum Gasteiger partial charge on any atom is -0.347 e. The summed E-state index contributed by atoms with van der Waals surface area (Å²) in [5.74, 6) is 1.14. The minimum atomic E-state index is -3.66. The van der Waals surface area contributed by atoms with Crippen LogP contribution in [0, 0.1) is 0 Å². The van der Waals surface area contributed by atoms with Gasteiger partial charge in [0.1, 0.15) is 0 Å². The molecule has 1 aromatic heterocycles. The molecule has 152 valence electrons. The zero-order chi connectivity index (χ0) is 20.4. The van der Waals surface area contributed by atoms with Crippen LogP contribution in [0.15, 0.2) is 33.7 Å². The Morgan fingerprint density at radius 3 is 2.50 bits per heavy atom. The SMILES string of the molecule is CC(C)(C)c1ccc(S(=O)(=O)NCCC(=O)NCc2nc(C3CC3)no2)cc1. The van der Waals surface area contributed by atoms with Crippen LogP contribution in [0.3, 0.4) is 0 Å². The molecule has 0 radical (unpaired) electrons. The summed E-state index contributed by atoms with van der Waals surface area (Å²) < 4.78 is 32.2. The van der Waals surface area contributed by atoms with Crippen molar-refractivity contribution in [2.75, 3.05) is 6.54 Å². The molecule has 0 atom stereocenters. The maximum atomic E-state index is 12.4. The molecule has 1 aromatic carbocycles. The smallest absolute Gasteiger partial charge is 0.246 e. The largest absolute Gasteiger partial charge is 0.347 e. The van der Waals surface area contributed by atoms with Crippen LogP contribution in [-0.2, 0) is 26.8 Å². The summed E-state index contributed by atoms with van der Waals surface area (Å²) in [7, 11) is -3.66. The van der Waals surface area contributed by atoms with Crippen molar-refractivity contribution >= 4 is 15.9 Å². The quantitative estimate of drug-likeness (QED) is 0.695. The Labute approximate surface area is 165 Å². The van der Waals surface area contributed by atoms with Crippen molar-refractivity contribution in [3.63, 3.8) is 0 Å². The van der Waals surface area contributed by atoms with Gasteiger partial charge in [0.15, 0.2) is 5.82 Å². The summed E-state index contributed by atoms with van der Waals surface area (Å²) >= 11 is 0. The fourth-order valence-electron chi connectivity index (χ4n) is 2.63. The predicted molar refractivity (Wildman–Crippen MR) is 103 cm³/mol. The predicted octanol–water partition coefficient (Wildman–Crippen LogP) is 2.23. The number of carbonyl (C=O) groups is 1. The van der Waals surface area contributed by atoms with E-state index in [0.717, 1.165) is 18.4 Å². The first kappa shape index (κ1) is 20.5. The average molecular weight is 407 g/mol. The number of benzene rings is 1. The van der Waals surface area contributed by atoms with Gasteiger partial charge in [-0.1, -0.05) is 38.1 Å². The van der Waals surface area contributed by atoms with Crippen molar-refractivity contribution in [3.8, 4) is 0 Å². The first-order valence-electron chi connectivity index (χ1n) is 9.34. The zero-order valence-electron chi connectivity index (χ0n) is 16.4. The zero-order valence-corrected chi connectivity index (χ0v) is 17.2. The number of sulfonamides is 1. The monoisotopic (exact) mass is 406 g/mol. The van der Waals surface area contributed by atoms with Crippen molar-refractivity contribution < 1.29 is 17.7 Å². The molecular formula is C19H26N4O4S. The second-order valence-corrected chi connectivity index (χ2v) is 9.79. The third-order valence-corrected chi connectivity index (χ3v) is 6.01. The molecule has 28 heavy (non-hydrogen) atoms. The van der Waals surface area contributed by atoms with Gasteiger partial charge >= 0.3 is 0 Å². The number of hydrogen-bond donors (Lipinski definition) is 2. The molecule has 2 aromatic rings. The number of aromatic nitrogens is 2. The highest BCUT2D eigenvalue weighted by Gasteiger charge is 2.28. The van der Waals surface area contributed by atoms with Gasteiger partial charge in [0.2, 0.25) is 21.8 Å². The van der Waals surface area contributed by atoms with Crippen molar-refractivity contribution in [2.24, 2.45) is 0 Å². The average Bonchev–Trinajstić information content (AvgIpc) is 3.37.